The first-order valence-electron chi connectivity index (χ1n) is 13.1. The van der Waals surface area contributed by atoms with Gasteiger partial charge in [-0.05, 0) is 58.0 Å². The monoisotopic (exact) mass is 580 g/mol. The van der Waals surface area contributed by atoms with E-state index >= 15 is 0 Å². The molecule has 0 unspecified atom stereocenters. The van der Waals surface area contributed by atoms with Crippen molar-refractivity contribution in [3.63, 3.8) is 0 Å². The fourth-order valence-electron chi connectivity index (χ4n) is 5.42. The molecule has 5 heterocycles. The van der Waals surface area contributed by atoms with Crippen LogP contribution >= 0.6 is 23.2 Å². The van der Waals surface area contributed by atoms with Crippen molar-refractivity contribution >= 4 is 46.0 Å². The molecule has 208 valence electrons. The minimum absolute atomic E-state index is 0.133. The molecule has 0 aliphatic carbocycles. The van der Waals surface area contributed by atoms with Gasteiger partial charge in [0, 0.05) is 66.7 Å². The normalized spacial score (nSPS) is 16.9. The highest BCUT2D eigenvalue weighted by molar-refractivity contribution is 6.35. The van der Waals surface area contributed by atoms with E-state index in [0.29, 0.717) is 21.4 Å². The Morgan fingerprint density at radius 1 is 1.05 bits per heavy atom. The minimum Gasteiger partial charge on any atom is -0.486 e. The summed E-state index contributed by atoms with van der Waals surface area (Å²) in [5.41, 5.74) is 2.93. The summed E-state index contributed by atoms with van der Waals surface area (Å²) in [5.74, 6) is 1.58. The topological polar surface area (TPSA) is 96.5 Å². The molecule has 3 aromatic heterocycles. The van der Waals surface area contributed by atoms with Crippen LogP contribution in [0.3, 0.4) is 0 Å². The lowest BCUT2D eigenvalue weighted by Crippen LogP contribution is -2.73. The number of anilines is 1. The number of ether oxygens (including phenoxy) is 2. The summed E-state index contributed by atoms with van der Waals surface area (Å²) in [6, 6.07) is 9.82. The number of H-pyrrole nitrogens is 1. The number of aromatic amines is 1. The van der Waals surface area contributed by atoms with Gasteiger partial charge in [-0.3, -0.25) is 10.1 Å². The molecule has 9 nitrogen and oxygen atoms in total. The second-order valence-corrected chi connectivity index (χ2v) is 12.5. The number of aromatic nitrogens is 4. The number of rotatable bonds is 5. The number of nitrogens with one attached hydrogen (secondary N) is 1. The van der Waals surface area contributed by atoms with E-state index in [-0.39, 0.29) is 17.6 Å². The molecule has 1 N–H and O–H groups in total. The van der Waals surface area contributed by atoms with Crippen LogP contribution < -0.4 is 9.64 Å². The SMILES string of the molecule is C[C@@H](Oc1ccc2[nH]nc(-c3ccc(N4CC5(CN(C(=O)OC(C)(C)C)C5)C4)nc3)c2c1)c1c(Cl)cncc1Cl. The van der Waals surface area contributed by atoms with Crippen LogP contribution in [0.4, 0.5) is 10.6 Å². The Bertz CT molecular complexity index is 1550. The van der Waals surface area contributed by atoms with Gasteiger partial charge in [0.15, 0.2) is 0 Å². The number of benzene rings is 1. The molecule has 1 atom stereocenters. The van der Waals surface area contributed by atoms with Crippen LogP contribution in [0, 0.1) is 5.41 Å². The van der Waals surface area contributed by atoms with Crippen LogP contribution in [-0.2, 0) is 4.74 Å². The predicted octanol–water partition coefficient (Wildman–Crippen LogP) is 6.52. The zero-order valence-electron chi connectivity index (χ0n) is 22.7. The summed E-state index contributed by atoms with van der Waals surface area (Å²) >= 11 is 12.6. The van der Waals surface area contributed by atoms with Gasteiger partial charge >= 0.3 is 6.09 Å². The van der Waals surface area contributed by atoms with Crippen molar-refractivity contribution in [1.82, 2.24) is 25.1 Å². The third-order valence-electron chi connectivity index (χ3n) is 7.25. The zero-order chi connectivity index (χ0) is 28.2. The Hall–Kier alpha value is -3.56. The van der Waals surface area contributed by atoms with Crippen LogP contribution in [0.1, 0.15) is 39.4 Å². The molecule has 2 aliphatic rings. The average molecular weight is 582 g/mol. The first-order chi connectivity index (χ1) is 19.0. The predicted molar refractivity (Wildman–Crippen MR) is 155 cm³/mol. The summed E-state index contributed by atoms with van der Waals surface area (Å²) in [5, 5.41) is 9.48. The molecule has 1 spiro atoms. The number of nitrogens with zero attached hydrogens (tertiary/aromatic N) is 5. The lowest BCUT2D eigenvalue weighted by atomic mass is 9.73. The van der Waals surface area contributed by atoms with Gasteiger partial charge in [-0.2, -0.15) is 5.10 Å². The maximum atomic E-state index is 12.3. The van der Waals surface area contributed by atoms with Crippen LogP contribution in [0.15, 0.2) is 48.9 Å². The molecule has 4 aromatic rings. The van der Waals surface area contributed by atoms with Crippen LogP contribution in [0.25, 0.3) is 22.2 Å². The second-order valence-electron chi connectivity index (χ2n) is 11.7. The number of likely N-dealkylation sites (tertiary alicyclic amines) is 1. The van der Waals surface area contributed by atoms with Gasteiger partial charge in [0.1, 0.15) is 29.0 Å². The number of fused-ring (bicyclic) bond motifs is 1. The van der Waals surface area contributed by atoms with Crippen molar-refractivity contribution in [3.8, 4) is 17.0 Å². The standard InChI is InChI=1S/C29H30Cl2N6O3/c1-17(25-21(30)11-32-12-22(25)31)39-19-6-7-23-20(9-19)26(35-34-23)18-5-8-24(33-10-18)36-13-29(14-36)15-37(16-29)27(38)40-28(2,3)4/h5-12,17H,13-16H2,1-4H3,(H,34,35)/t17-/m1/s1. The molecule has 0 bridgehead atoms. The maximum absolute atomic E-state index is 12.3. The number of pyridine rings is 2. The highest BCUT2D eigenvalue weighted by atomic mass is 35.5. The first-order valence-corrected chi connectivity index (χ1v) is 13.9. The van der Waals surface area contributed by atoms with Gasteiger partial charge < -0.3 is 19.3 Å². The smallest absolute Gasteiger partial charge is 0.410 e. The molecular weight excluding hydrogens is 551 g/mol. The zero-order valence-corrected chi connectivity index (χ0v) is 24.3. The summed E-state index contributed by atoms with van der Waals surface area (Å²) in [4.78, 5) is 25.0. The van der Waals surface area contributed by atoms with E-state index in [1.165, 1.54) is 0 Å². The summed E-state index contributed by atoms with van der Waals surface area (Å²) < 4.78 is 11.7. The Morgan fingerprint density at radius 3 is 2.42 bits per heavy atom. The maximum Gasteiger partial charge on any atom is 0.410 e. The average Bonchev–Trinajstić information content (AvgIpc) is 3.25. The van der Waals surface area contributed by atoms with Crippen molar-refractivity contribution < 1.29 is 14.3 Å². The second kappa shape index (κ2) is 9.82. The number of hydrogen-bond acceptors (Lipinski definition) is 7. The molecule has 0 radical (unpaired) electrons. The third kappa shape index (κ3) is 5.04. The molecule has 40 heavy (non-hydrogen) atoms. The molecule has 2 aliphatic heterocycles. The van der Waals surface area contributed by atoms with E-state index in [4.69, 9.17) is 37.7 Å². The first kappa shape index (κ1) is 26.7. The third-order valence-corrected chi connectivity index (χ3v) is 7.85. The van der Waals surface area contributed by atoms with Crippen LogP contribution in [0.5, 0.6) is 5.75 Å². The molecular formula is C29H30Cl2N6O3. The Balaban J connectivity index is 1.12. The van der Waals surface area contributed by atoms with Crippen molar-refractivity contribution in [2.75, 3.05) is 31.1 Å². The van der Waals surface area contributed by atoms with E-state index in [0.717, 1.165) is 54.2 Å². The van der Waals surface area contributed by atoms with Crippen molar-refractivity contribution in [3.05, 3.63) is 64.5 Å². The van der Waals surface area contributed by atoms with Crippen LogP contribution in [-0.4, -0.2) is 62.9 Å². The van der Waals surface area contributed by atoms with Crippen molar-refractivity contribution in [2.45, 2.75) is 39.4 Å². The quantitative estimate of drug-likeness (QED) is 0.287. The highest BCUT2D eigenvalue weighted by Crippen LogP contribution is 2.42. The molecule has 0 saturated carbocycles. The largest absolute Gasteiger partial charge is 0.486 e. The van der Waals surface area contributed by atoms with Gasteiger partial charge in [-0.15, -0.1) is 0 Å². The summed E-state index contributed by atoms with van der Waals surface area (Å²) in [6.07, 6.45) is 4.35. The number of halogens is 2. The fourth-order valence-corrected chi connectivity index (χ4v) is 6.09. The van der Waals surface area contributed by atoms with Gasteiger partial charge in [-0.25, -0.2) is 9.78 Å². The minimum atomic E-state index is -0.480. The van der Waals surface area contributed by atoms with Gasteiger partial charge in [0.2, 0.25) is 0 Å². The Labute approximate surface area is 242 Å². The lowest BCUT2D eigenvalue weighted by Gasteiger charge is -2.60. The van der Waals surface area contributed by atoms with Gasteiger partial charge in [0.25, 0.3) is 0 Å². The number of carbonyl (C=O) groups excluding carboxylic acids is 1. The number of amides is 1. The number of carbonyl (C=O) groups is 1. The molecule has 2 fully saturated rings. The molecule has 6 rings (SSSR count). The molecule has 11 heteroatoms. The summed E-state index contributed by atoms with van der Waals surface area (Å²) in [7, 11) is 0. The van der Waals surface area contributed by atoms with Crippen molar-refractivity contribution in [2.24, 2.45) is 5.41 Å². The van der Waals surface area contributed by atoms with E-state index in [1.54, 1.807) is 17.3 Å². The Morgan fingerprint density at radius 2 is 1.77 bits per heavy atom. The van der Waals surface area contributed by atoms with E-state index in [2.05, 4.69) is 20.1 Å². The van der Waals surface area contributed by atoms with E-state index in [1.807, 2.05) is 64.2 Å². The Kier molecular flexibility index (Phi) is 6.54. The molecule has 1 amide bonds. The number of hydrogen-bond donors (Lipinski definition) is 1. The molecule has 1 aromatic carbocycles. The molecule has 2 saturated heterocycles. The van der Waals surface area contributed by atoms with Gasteiger partial charge in [-0.1, -0.05) is 23.2 Å². The van der Waals surface area contributed by atoms with Gasteiger partial charge in [0.05, 0.1) is 15.6 Å². The van der Waals surface area contributed by atoms with E-state index < -0.39 is 5.60 Å². The van der Waals surface area contributed by atoms with Crippen LogP contribution in [0.2, 0.25) is 10.0 Å². The van der Waals surface area contributed by atoms with Crippen molar-refractivity contribution in [1.29, 1.82) is 0 Å². The summed E-state index contributed by atoms with van der Waals surface area (Å²) in [6.45, 7) is 10.7. The lowest BCUT2D eigenvalue weighted by molar-refractivity contribution is -0.0454. The highest BCUT2D eigenvalue weighted by Gasteiger charge is 2.54. The fraction of sp³-hybridized carbons (Fsp3) is 0.379. The van der Waals surface area contributed by atoms with E-state index in [9.17, 15) is 4.79 Å².